The maximum absolute atomic E-state index is 12.7. The first-order valence-corrected chi connectivity index (χ1v) is 7.73. The van der Waals surface area contributed by atoms with Crippen LogP contribution < -0.4 is 0 Å². The minimum Gasteiger partial charge on any atom is -0.341 e. The molecule has 0 atom stereocenters. The van der Waals surface area contributed by atoms with Crippen molar-refractivity contribution in [2.75, 3.05) is 6.54 Å². The maximum atomic E-state index is 12.7. The zero-order chi connectivity index (χ0) is 15.1. The van der Waals surface area contributed by atoms with E-state index in [-0.39, 0.29) is 5.91 Å². The summed E-state index contributed by atoms with van der Waals surface area (Å²) >= 11 is 6.15. The molecule has 1 aliphatic rings. The van der Waals surface area contributed by atoms with Gasteiger partial charge in [-0.2, -0.15) is 0 Å². The summed E-state index contributed by atoms with van der Waals surface area (Å²) in [7, 11) is 0. The highest BCUT2D eigenvalue weighted by Crippen LogP contribution is 2.26. The molecule has 22 heavy (non-hydrogen) atoms. The van der Waals surface area contributed by atoms with Gasteiger partial charge < -0.3 is 9.47 Å². The average molecular weight is 311 g/mol. The Labute approximate surface area is 133 Å². The van der Waals surface area contributed by atoms with Crippen molar-refractivity contribution >= 4 is 28.4 Å². The Morgan fingerprint density at radius 3 is 2.64 bits per heavy atom. The van der Waals surface area contributed by atoms with E-state index in [0.29, 0.717) is 23.7 Å². The number of hydrogen-bond acceptors (Lipinski definition) is 1. The van der Waals surface area contributed by atoms with Crippen molar-refractivity contribution in [1.82, 2.24) is 9.47 Å². The highest BCUT2D eigenvalue weighted by Gasteiger charge is 2.24. The zero-order valence-electron chi connectivity index (χ0n) is 12.0. The molecule has 0 saturated carbocycles. The van der Waals surface area contributed by atoms with Gasteiger partial charge in [0.05, 0.1) is 17.1 Å². The maximum Gasteiger partial charge on any atom is 0.255 e. The van der Waals surface area contributed by atoms with E-state index in [0.717, 1.165) is 6.54 Å². The second kappa shape index (κ2) is 5.18. The van der Waals surface area contributed by atoms with Crippen LogP contribution in [0.3, 0.4) is 0 Å². The summed E-state index contributed by atoms with van der Waals surface area (Å²) in [6.07, 6.45) is 0. The molecule has 0 bridgehead atoms. The van der Waals surface area contributed by atoms with Gasteiger partial charge in [-0.05, 0) is 29.7 Å². The molecule has 0 saturated heterocycles. The number of carbonyl (C=O) groups excluding carboxylic acids is 1. The normalized spacial score (nSPS) is 14.1. The fraction of sp³-hybridized carbons (Fsp3) is 0.167. The van der Waals surface area contributed by atoms with Gasteiger partial charge in [0.2, 0.25) is 0 Å². The van der Waals surface area contributed by atoms with Gasteiger partial charge in [-0.1, -0.05) is 41.9 Å². The van der Waals surface area contributed by atoms with Gasteiger partial charge in [0.25, 0.3) is 5.91 Å². The van der Waals surface area contributed by atoms with Crippen LogP contribution >= 0.6 is 11.6 Å². The molecule has 0 aliphatic carbocycles. The molecular weight excluding hydrogens is 296 g/mol. The number of para-hydroxylation sites is 1. The van der Waals surface area contributed by atoms with Crippen molar-refractivity contribution in [2.24, 2.45) is 0 Å². The van der Waals surface area contributed by atoms with Crippen LogP contribution in [0.4, 0.5) is 0 Å². The lowest BCUT2D eigenvalue weighted by molar-refractivity contribution is 0.0713. The summed E-state index contributed by atoms with van der Waals surface area (Å²) in [5.41, 5.74) is 2.99. The Balaban J connectivity index is 1.67. The number of benzene rings is 2. The Bertz CT molecular complexity index is 868. The van der Waals surface area contributed by atoms with Crippen LogP contribution in [-0.2, 0) is 13.1 Å². The molecule has 2 heterocycles. The van der Waals surface area contributed by atoms with E-state index in [1.54, 1.807) is 12.1 Å². The molecule has 1 amide bonds. The Morgan fingerprint density at radius 1 is 1.00 bits per heavy atom. The third-order valence-electron chi connectivity index (χ3n) is 4.23. The standard InChI is InChI=1S/C18H15ClN2O/c19-16-7-3-2-6-15(16)18(22)20-9-10-21-14(12-20)11-13-5-1-4-8-17(13)21/h1-8,11H,9-10,12H2. The number of nitrogens with zero attached hydrogens (tertiary/aromatic N) is 2. The highest BCUT2D eigenvalue weighted by atomic mass is 35.5. The number of aromatic nitrogens is 1. The number of rotatable bonds is 1. The summed E-state index contributed by atoms with van der Waals surface area (Å²) in [6, 6.07) is 17.7. The lowest BCUT2D eigenvalue weighted by atomic mass is 10.1. The molecular formula is C18H15ClN2O. The first-order valence-electron chi connectivity index (χ1n) is 7.35. The fourth-order valence-corrected chi connectivity index (χ4v) is 3.35. The molecule has 4 rings (SSSR count). The quantitative estimate of drug-likeness (QED) is 0.668. The average Bonchev–Trinajstić information content (AvgIpc) is 2.92. The summed E-state index contributed by atoms with van der Waals surface area (Å²) < 4.78 is 2.30. The number of halogens is 1. The smallest absolute Gasteiger partial charge is 0.255 e. The van der Waals surface area contributed by atoms with Crippen molar-refractivity contribution in [2.45, 2.75) is 13.1 Å². The second-order valence-corrected chi connectivity index (χ2v) is 5.96. The monoisotopic (exact) mass is 310 g/mol. The second-order valence-electron chi connectivity index (χ2n) is 5.55. The topological polar surface area (TPSA) is 25.2 Å². The van der Waals surface area contributed by atoms with E-state index < -0.39 is 0 Å². The largest absolute Gasteiger partial charge is 0.341 e. The predicted molar refractivity (Wildman–Crippen MR) is 88.1 cm³/mol. The summed E-state index contributed by atoms with van der Waals surface area (Å²) in [5, 5.41) is 1.74. The molecule has 0 spiro atoms. The fourth-order valence-electron chi connectivity index (χ4n) is 3.14. The molecule has 1 aliphatic heterocycles. The van der Waals surface area contributed by atoms with Crippen molar-refractivity contribution < 1.29 is 4.79 Å². The van der Waals surface area contributed by atoms with Crippen LogP contribution in [0.2, 0.25) is 5.02 Å². The number of fused-ring (bicyclic) bond motifs is 3. The highest BCUT2D eigenvalue weighted by molar-refractivity contribution is 6.33. The van der Waals surface area contributed by atoms with Gasteiger partial charge in [-0.25, -0.2) is 0 Å². The van der Waals surface area contributed by atoms with Crippen LogP contribution in [0.1, 0.15) is 16.1 Å². The third kappa shape index (κ3) is 2.09. The number of carbonyl (C=O) groups is 1. The van der Waals surface area contributed by atoms with Gasteiger partial charge >= 0.3 is 0 Å². The molecule has 3 nitrogen and oxygen atoms in total. The predicted octanol–water partition coefficient (Wildman–Crippen LogP) is 3.95. The van der Waals surface area contributed by atoms with Crippen LogP contribution in [-0.4, -0.2) is 21.9 Å². The molecule has 0 fully saturated rings. The van der Waals surface area contributed by atoms with Gasteiger partial charge in [-0.15, -0.1) is 0 Å². The lowest BCUT2D eigenvalue weighted by Gasteiger charge is -2.29. The van der Waals surface area contributed by atoms with Gasteiger partial charge in [0, 0.05) is 24.3 Å². The van der Waals surface area contributed by atoms with Crippen LogP contribution in [0.25, 0.3) is 10.9 Å². The van der Waals surface area contributed by atoms with Gasteiger partial charge in [0.15, 0.2) is 0 Å². The Hall–Kier alpha value is -2.26. The van der Waals surface area contributed by atoms with E-state index >= 15 is 0 Å². The molecule has 0 unspecified atom stereocenters. The molecule has 3 aromatic rings. The van der Waals surface area contributed by atoms with E-state index in [1.807, 2.05) is 23.1 Å². The molecule has 4 heteroatoms. The molecule has 1 aromatic heterocycles. The van der Waals surface area contributed by atoms with Crippen LogP contribution in [0, 0.1) is 0 Å². The summed E-state index contributed by atoms with van der Waals surface area (Å²) in [5.74, 6) is 0.00195. The van der Waals surface area contributed by atoms with Gasteiger partial charge in [0.1, 0.15) is 0 Å². The Kier molecular flexibility index (Phi) is 3.16. The Morgan fingerprint density at radius 2 is 1.77 bits per heavy atom. The van der Waals surface area contributed by atoms with Crippen molar-refractivity contribution in [3.8, 4) is 0 Å². The van der Waals surface area contributed by atoms with Crippen molar-refractivity contribution in [3.05, 3.63) is 70.9 Å². The molecule has 0 radical (unpaired) electrons. The first kappa shape index (κ1) is 13.4. The van der Waals surface area contributed by atoms with Crippen molar-refractivity contribution in [3.63, 3.8) is 0 Å². The lowest BCUT2D eigenvalue weighted by Crippen LogP contribution is -2.38. The van der Waals surface area contributed by atoms with Crippen LogP contribution in [0.5, 0.6) is 0 Å². The molecule has 110 valence electrons. The van der Waals surface area contributed by atoms with E-state index in [2.05, 4.69) is 28.8 Å². The first-order chi connectivity index (χ1) is 10.7. The molecule has 2 aromatic carbocycles. The third-order valence-corrected chi connectivity index (χ3v) is 4.56. The number of amides is 1. The van der Waals surface area contributed by atoms with E-state index in [4.69, 9.17) is 11.6 Å². The minimum absolute atomic E-state index is 0.00195. The zero-order valence-corrected chi connectivity index (χ0v) is 12.8. The van der Waals surface area contributed by atoms with E-state index in [9.17, 15) is 4.79 Å². The summed E-state index contributed by atoms with van der Waals surface area (Å²) in [6.45, 7) is 2.15. The minimum atomic E-state index is 0.00195. The summed E-state index contributed by atoms with van der Waals surface area (Å²) in [4.78, 5) is 14.5. The SMILES string of the molecule is O=C(c1ccccc1Cl)N1CCn2c(cc3ccccc32)C1. The van der Waals surface area contributed by atoms with Gasteiger partial charge in [-0.3, -0.25) is 4.79 Å². The number of hydrogen-bond donors (Lipinski definition) is 0. The van der Waals surface area contributed by atoms with Crippen molar-refractivity contribution in [1.29, 1.82) is 0 Å². The van der Waals surface area contributed by atoms with Crippen LogP contribution in [0.15, 0.2) is 54.6 Å². The molecule has 0 N–H and O–H groups in total. The van der Waals surface area contributed by atoms with E-state index in [1.165, 1.54) is 16.6 Å².